The number of fused-ring (bicyclic) bond motifs is 10. The molecule has 290 valence electrons. The number of para-hydroxylation sites is 3. The molecule has 0 fully saturated rings. The third-order valence-corrected chi connectivity index (χ3v) is 12.3. The summed E-state index contributed by atoms with van der Waals surface area (Å²) in [6.07, 6.45) is 0. The fourth-order valence-corrected chi connectivity index (χ4v) is 9.51. The van der Waals surface area contributed by atoms with Crippen molar-refractivity contribution in [2.75, 3.05) is 0 Å². The fourth-order valence-electron chi connectivity index (χ4n) is 9.51. The standard InChI is InChI=1S/C56H32FN3O2/c57-38-29-26-34(27-30-38)40-16-8-11-35-10-7-15-39(51(35)40)33-22-24-36(25-23-33)53-55-54(44-14-3-6-20-49(44)62-55)59-56(58-53)60-46-18-4-1-12-42(46)45-32-37(28-31-47(45)60)41-17-9-21-50-52(41)43-13-2-5-19-48(43)61-50/h1-32H. The summed E-state index contributed by atoms with van der Waals surface area (Å²) in [4.78, 5) is 10.7. The van der Waals surface area contributed by atoms with Crippen molar-refractivity contribution in [3.63, 3.8) is 0 Å². The molecule has 4 heterocycles. The number of hydrogen-bond donors (Lipinski definition) is 0. The second-order valence-corrected chi connectivity index (χ2v) is 15.8. The van der Waals surface area contributed by atoms with E-state index in [9.17, 15) is 4.39 Å². The van der Waals surface area contributed by atoms with Crippen molar-refractivity contribution in [3.05, 3.63) is 200 Å². The summed E-state index contributed by atoms with van der Waals surface area (Å²) in [6, 6.07) is 65.5. The first-order chi connectivity index (χ1) is 30.6. The van der Waals surface area contributed by atoms with Gasteiger partial charge in [0, 0.05) is 32.5 Å². The highest BCUT2D eigenvalue weighted by Crippen LogP contribution is 2.42. The van der Waals surface area contributed by atoms with E-state index in [-0.39, 0.29) is 5.82 Å². The van der Waals surface area contributed by atoms with Gasteiger partial charge in [0.05, 0.1) is 11.0 Å². The number of hydrogen-bond acceptors (Lipinski definition) is 4. The van der Waals surface area contributed by atoms with Crippen molar-refractivity contribution in [1.82, 2.24) is 14.5 Å². The molecule has 9 aromatic carbocycles. The normalized spacial score (nSPS) is 12.0. The number of aromatic nitrogens is 3. The lowest BCUT2D eigenvalue weighted by molar-refractivity contribution is 0.628. The molecule has 6 heteroatoms. The van der Waals surface area contributed by atoms with Gasteiger partial charge in [0.25, 0.3) is 0 Å². The van der Waals surface area contributed by atoms with E-state index in [2.05, 4.69) is 138 Å². The Hall–Kier alpha value is -8.35. The lowest BCUT2D eigenvalue weighted by atomic mass is 9.91. The van der Waals surface area contributed by atoms with Gasteiger partial charge in [0.2, 0.25) is 5.95 Å². The summed E-state index contributed by atoms with van der Waals surface area (Å²) in [7, 11) is 0. The smallest absolute Gasteiger partial charge is 0.236 e. The number of nitrogens with zero attached hydrogens (tertiary/aromatic N) is 3. The van der Waals surface area contributed by atoms with Crippen LogP contribution in [0.2, 0.25) is 0 Å². The summed E-state index contributed by atoms with van der Waals surface area (Å²) in [5.74, 6) is 0.305. The maximum Gasteiger partial charge on any atom is 0.236 e. The van der Waals surface area contributed by atoms with Gasteiger partial charge in [-0.1, -0.05) is 140 Å². The summed E-state index contributed by atoms with van der Waals surface area (Å²) >= 11 is 0. The van der Waals surface area contributed by atoms with Crippen LogP contribution in [0.15, 0.2) is 203 Å². The summed E-state index contributed by atoms with van der Waals surface area (Å²) in [6.45, 7) is 0. The van der Waals surface area contributed by atoms with Crippen LogP contribution in [0.25, 0.3) is 127 Å². The minimum atomic E-state index is -0.253. The maximum absolute atomic E-state index is 14.0. The van der Waals surface area contributed by atoms with Crippen LogP contribution < -0.4 is 0 Å². The lowest BCUT2D eigenvalue weighted by Gasteiger charge is -2.13. The summed E-state index contributed by atoms with van der Waals surface area (Å²) < 4.78 is 29.0. The van der Waals surface area contributed by atoms with E-state index in [1.165, 1.54) is 12.1 Å². The maximum atomic E-state index is 14.0. The monoisotopic (exact) mass is 797 g/mol. The van der Waals surface area contributed by atoms with Gasteiger partial charge in [-0.15, -0.1) is 0 Å². The molecule has 62 heavy (non-hydrogen) atoms. The van der Waals surface area contributed by atoms with E-state index in [0.717, 1.165) is 110 Å². The Morgan fingerprint density at radius 1 is 0.403 bits per heavy atom. The second-order valence-electron chi connectivity index (χ2n) is 15.8. The van der Waals surface area contributed by atoms with Crippen molar-refractivity contribution in [3.8, 4) is 50.6 Å². The number of rotatable bonds is 5. The van der Waals surface area contributed by atoms with Crippen LogP contribution in [-0.4, -0.2) is 14.5 Å². The molecule has 0 bridgehead atoms. The van der Waals surface area contributed by atoms with Gasteiger partial charge in [-0.2, -0.15) is 0 Å². The minimum Gasteiger partial charge on any atom is -0.456 e. The topological polar surface area (TPSA) is 57.0 Å². The van der Waals surface area contributed by atoms with Crippen LogP contribution in [0, 0.1) is 5.82 Å². The van der Waals surface area contributed by atoms with Crippen LogP contribution in [0.4, 0.5) is 4.39 Å². The molecule has 5 nitrogen and oxygen atoms in total. The quantitative estimate of drug-likeness (QED) is 0.174. The van der Waals surface area contributed by atoms with E-state index in [0.29, 0.717) is 17.2 Å². The minimum absolute atomic E-state index is 0.253. The Morgan fingerprint density at radius 2 is 0.968 bits per heavy atom. The molecule has 0 aliphatic carbocycles. The van der Waals surface area contributed by atoms with Gasteiger partial charge in [-0.3, -0.25) is 4.57 Å². The molecule has 0 N–H and O–H groups in total. The van der Waals surface area contributed by atoms with Gasteiger partial charge in [-0.05, 0) is 98.8 Å². The fraction of sp³-hybridized carbons (Fsp3) is 0. The van der Waals surface area contributed by atoms with E-state index in [1.807, 2.05) is 48.5 Å². The molecule has 13 aromatic rings. The average molecular weight is 798 g/mol. The first kappa shape index (κ1) is 34.5. The van der Waals surface area contributed by atoms with E-state index < -0.39 is 0 Å². The highest BCUT2D eigenvalue weighted by molar-refractivity contribution is 6.15. The Morgan fingerprint density at radius 3 is 1.73 bits per heavy atom. The summed E-state index contributed by atoms with van der Waals surface area (Å²) in [5.41, 5.74) is 13.9. The highest BCUT2D eigenvalue weighted by Gasteiger charge is 2.22. The first-order valence-corrected chi connectivity index (χ1v) is 20.7. The molecular weight excluding hydrogens is 766 g/mol. The van der Waals surface area contributed by atoms with Crippen LogP contribution in [0.1, 0.15) is 0 Å². The zero-order chi connectivity index (χ0) is 40.9. The zero-order valence-electron chi connectivity index (χ0n) is 33.0. The van der Waals surface area contributed by atoms with Crippen LogP contribution in [0.3, 0.4) is 0 Å². The van der Waals surface area contributed by atoms with Gasteiger partial charge in [-0.25, -0.2) is 14.4 Å². The Kier molecular flexibility index (Phi) is 7.42. The van der Waals surface area contributed by atoms with E-state index in [4.69, 9.17) is 18.8 Å². The molecule has 0 saturated heterocycles. The molecule has 0 aliphatic rings. The molecule has 0 unspecified atom stereocenters. The highest BCUT2D eigenvalue weighted by atomic mass is 19.1. The Balaban J connectivity index is 0.994. The van der Waals surface area contributed by atoms with Crippen LogP contribution >= 0.6 is 0 Å². The lowest BCUT2D eigenvalue weighted by Crippen LogP contribution is -2.02. The van der Waals surface area contributed by atoms with Gasteiger partial charge >= 0.3 is 0 Å². The second kappa shape index (κ2) is 13.3. The van der Waals surface area contributed by atoms with E-state index in [1.54, 1.807) is 0 Å². The predicted molar refractivity (Wildman–Crippen MR) is 250 cm³/mol. The van der Waals surface area contributed by atoms with Crippen LogP contribution in [0.5, 0.6) is 0 Å². The molecule has 0 saturated carbocycles. The predicted octanol–water partition coefficient (Wildman–Crippen LogP) is 15.3. The third kappa shape index (κ3) is 5.20. The van der Waals surface area contributed by atoms with Crippen molar-refractivity contribution >= 4 is 76.6 Å². The van der Waals surface area contributed by atoms with Crippen molar-refractivity contribution in [2.45, 2.75) is 0 Å². The number of benzene rings is 9. The zero-order valence-corrected chi connectivity index (χ0v) is 33.0. The molecular formula is C56H32FN3O2. The SMILES string of the molecule is Fc1ccc(-c2cccc3cccc(-c4ccc(-c5nc(-n6c7ccccc7c7cc(-c8cccc9oc%10ccccc%10c89)ccc76)nc6c5oc5ccccc56)cc4)c23)cc1. The van der Waals surface area contributed by atoms with Gasteiger partial charge < -0.3 is 8.83 Å². The van der Waals surface area contributed by atoms with E-state index >= 15 is 0 Å². The third-order valence-electron chi connectivity index (χ3n) is 12.3. The molecule has 0 atom stereocenters. The van der Waals surface area contributed by atoms with Crippen molar-refractivity contribution in [1.29, 1.82) is 0 Å². The van der Waals surface area contributed by atoms with Crippen molar-refractivity contribution in [2.24, 2.45) is 0 Å². The van der Waals surface area contributed by atoms with Gasteiger partial charge in [0.15, 0.2) is 5.58 Å². The molecule has 13 rings (SSSR count). The molecule has 4 aromatic heterocycles. The molecule has 0 aliphatic heterocycles. The van der Waals surface area contributed by atoms with Gasteiger partial charge in [0.1, 0.15) is 33.8 Å². The first-order valence-electron chi connectivity index (χ1n) is 20.7. The van der Waals surface area contributed by atoms with Crippen molar-refractivity contribution < 1.29 is 13.2 Å². The Bertz CT molecular complexity index is 3930. The molecule has 0 radical (unpaired) electrons. The number of halogens is 1. The molecule has 0 amide bonds. The van der Waals surface area contributed by atoms with Crippen LogP contribution in [-0.2, 0) is 0 Å². The summed E-state index contributed by atoms with van der Waals surface area (Å²) in [5, 5.41) is 7.57. The average Bonchev–Trinajstić information content (AvgIpc) is 4.01. The largest absolute Gasteiger partial charge is 0.456 e. The molecule has 0 spiro atoms. The Labute approximate surface area is 353 Å². The number of furan rings is 2.